The van der Waals surface area contributed by atoms with Crippen molar-refractivity contribution in [3.05, 3.63) is 26.0 Å². The molecular weight excluding hydrogens is 146 g/mol. The first-order chi connectivity index (χ1) is 5.18. The summed E-state index contributed by atoms with van der Waals surface area (Å²) in [6.07, 6.45) is 0.325. The first-order valence-electron chi connectivity index (χ1n) is 3.06. The Morgan fingerprint density at radius 3 is 2.45 bits per heavy atom. The molecule has 0 aliphatic heterocycles. The Balaban J connectivity index is 2.85. The van der Waals surface area contributed by atoms with E-state index in [0.29, 0.717) is 0 Å². The minimum atomic E-state index is -0.835. The average Bonchev–Trinajstić information content (AvgIpc) is 2.04. The molecule has 0 unspecified atom stereocenters. The molecule has 4 nitrogen and oxygen atoms in total. The maximum atomic E-state index is 10.6. The maximum absolute atomic E-state index is 10.6. The summed E-state index contributed by atoms with van der Waals surface area (Å²) in [4.78, 5) is 21.0. The molecule has 0 amide bonds. The van der Waals surface area contributed by atoms with Gasteiger partial charge in [-0.3, -0.25) is 9.59 Å². The molecule has 11 heavy (non-hydrogen) atoms. The summed E-state index contributed by atoms with van der Waals surface area (Å²) < 4.78 is 0. The number of hydrogen-bond donors (Lipinski definition) is 1. The second-order valence-electron chi connectivity index (χ2n) is 2.14. The van der Waals surface area contributed by atoms with Crippen LogP contribution in [-0.4, -0.2) is 5.11 Å². The Morgan fingerprint density at radius 2 is 2.00 bits per heavy atom. The standard InChI is InChI=1S/C7H5NO3/c8-3-1-2-4-5(9)7(11)6(4)10/h9H,1-2H2. The Hall–Kier alpha value is -1.63. The van der Waals surface area contributed by atoms with E-state index in [9.17, 15) is 9.59 Å². The summed E-state index contributed by atoms with van der Waals surface area (Å²) >= 11 is 0. The Bertz CT molecular complexity index is 379. The van der Waals surface area contributed by atoms with Crippen molar-refractivity contribution in [1.82, 2.24) is 0 Å². The molecule has 4 heteroatoms. The lowest BCUT2D eigenvalue weighted by Crippen LogP contribution is -2.34. The van der Waals surface area contributed by atoms with Crippen LogP contribution in [0.5, 0.6) is 5.75 Å². The lowest BCUT2D eigenvalue weighted by molar-refractivity contribution is 0.453. The second kappa shape index (κ2) is 2.54. The highest BCUT2D eigenvalue weighted by Gasteiger charge is 2.18. The van der Waals surface area contributed by atoms with Crippen LogP contribution in [0.4, 0.5) is 0 Å². The molecule has 0 spiro atoms. The summed E-state index contributed by atoms with van der Waals surface area (Å²) in [6.45, 7) is 0. The van der Waals surface area contributed by atoms with Crippen LogP contribution >= 0.6 is 0 Å². The van der Waals surface area contributed by atoms with Gasteiger partial charge in [0.2, 0.25) is 5.43 Å². The van der Waals surface area contributed by atoms with Crippen molar-refractivity contribution in [3.8, 4) is 11.8 Å². The Morgan fingerprint density at radius 1 is 1.36 bits per heavy atom. The predicted molar refractivity (Wildman–Crippen MR) is 37.0 cm³/mol. The van der Waals surface area contributed by atoms with Crippen LogP contribution in [0.25, 0.3) is 0 Å². The van der Waals surface area contributed by atoms with Crippen molar-refractivity contribution >= 4 is 0 Å². The molecule has 56 valence electrons. The van der Waals surface area contributed by atoms with Gasteiger partial charge < -0.3 is 5.11 Å². The highest BCUT2D eigenvalue weighted by molar-refractivity contribution is 5.38. The van der Waals surface area contributed by atoms with Gasteiger partial charge in [-0.1, -0.05) is 0 Å². The topological polar surface area (TPSA) is 78.2 Å². The molecule has 0 bridgehead atoms. The highest BCUT2D eigenvalue weighted by Crippen LogP contribution is 2.09. The monoisotopic (exact) mass is 151 g/mol. The molecule has 0 radical (unpaired) electrons. The summed E-state index contributed by atoms with van der Waals surface area (Å²) in [5.74, 6) is -0.467. The first-order valence-corrected chi connectivity index (χ1v) is 3.06. The van der Waals surface area contributed by atoms with Crippen LogP contribution in [-0.2, 0) is 6.42 Å². The molecule has 0 aromatic heterocycles. The van der Waals surface area contributed by atoms with Crippen LogP contribution in [0, 0.1) is 11.3 Å². The number of nitrogens with zero attached hydrogens (tertiary/aromatic N) is 1. The van der Waals surface area contributed by atoms with E-state index in [1.54, 1.807) is 0 Å². The van der Waals surface area contributed by atoms with Crippen molar-refractivity contribution in [3.63, 3.8) is 0 Å². The molecule has 0 aliphatic rings. The van der Waals surface area contributed by atoms with Crippen molar-refractivity contribution in [1.29, 1.82) is 5.26 Å². The minimum absolute atomic E-state index is 0.0940. The van der Waals surface area contributed by atoms with Crippen LogP contribution < -0.4 is 10.9 Å². The van der Waals surface area contributed by atoms with Gasteiger partial charge in [0, 0.05) is 6.42 Å². The molecule has 1 N–H and O–H groups in total. The quantitative estimate of drug-likeness (QED) is 0.575. The fourth-order valence-electron chi connectivity index (χ4n) is 0.839. The SMILES string of the molecule is N#CCCc1c(O)c(=O)c1=O. The summed E-state index contributed by atoms with van der Waals surface area (Å²) in [7, 11) is 0. The third-order valence-electron chi connectivity index (χ3n) is 1.47. The summed E-state index contributed by atoms with van der Waals surface area (Å²) in [5.41, 5.74) is -1.40. The van der Waals surface area contributed by atoms with Gasteiger partial charge >= 0.3 is 0 Å². The zero-order valence-electron chi connectivity index (χ0n) is 5.63. The third kappa shape index (κ3) is 1.01. The second-order valence-corrected chi connectivity index (χ2v) is 2.14. The fourth-order valence-corrected chi connectivity index (χ4v) is 0.839. The van der Waals surface area contributed by atoms with Crippen molar-refractivity contribution in [2.24, 2.45) is 0 Å². The van der Waals surface area contributed by atoms with Gasteiger partial charge in [0.15, 0.2) is 5.75 Å². The summed E-state index contributed by atoms with van der Waals surface area (Å²) in [5, 5.41) is 16.9. The highest BCUT2D eigenvalue weighted by atomic mass is 16.3. The molecule has 0 saturated heterocycles. The van der Waals surface area contributed by atoms with Crippen LogP contribution in [0.15, 0.2) is 9.59 Å². The fraction of sp³-hybridized carbons (Fsp3) is 0.286. The van der Waals surface area contributed by atoms with Crippen molar-refractivity contribution < 1.29 is 5.11 Å². The maximum Gasteiger partial charge on any atom is 0.267 e. The normalized spacial score (nSPS) is 9.73. The molecule has 0 heterocycles. The van der Waals surface area contributed by atoms with Crippen molar-refractivity contribution in [2.45, 2.75) is 12.8 Å². The molecule has 0 saturated carbocycles. The zero-order chi connectivity index (χ0) is 8.43. The smallest absolute Gasteiger partial charge is 0.267 e. The lowest BCUT2D eigenvalue weighted by atomic mass is 10.0. The zero-order valence-corrected chi connectivity index (χ0v) is 5.63. The van der Waals surface area contributed by atoms with Gasteiger partial charge in [0.1, 0.15) is 0 Å². The van der Waals surface area contributed by atoms with E-state index in [2.05, 4.69) is 0 Å². The van der Waals surface area contributed by atoms with E-state index in [0.717, 1.165) is 0 Å². The van der Waals surface area contributed by atoms with Gasteiger partial charge in [-0.2, -0.15) is 5.26 Å². The van der Waals surface area contributed by atoms with E-state index in [-0.39, 0.29) is 18.4 Å². The van der Waals surface area contributed by atoms with E-state index >= 15 is 0 Å². The van der Waals surface area contributed by atoms with Gasteiger partial charge in [0.05, 0.1) is 11.6 Å². The molecular formula is C7H5NO3. The number of nitriles is 1. The molecule has 1 aromatic carbocycles. The van der Waals surface area contributed by atoms with E-state index in [1.807, 2.05) is 6.07 Å². The number of aromatic hydroxyl groups is 1. The van der Waals surface area contributed by atoms with Crippen LogP contribution in [0.3, 0.4) is 0 Å². The number of rotatable bonds is 2. The van der Waals surface area contributed by atoms with Gasteiger partial charge in [-0.05, 0) is 6.42 Å². The third-order valence-corrected chi connectivity index (χ3v) is 1.47. The van der Waals surface area contributed by atoms with E-state index in [1.165, 1.54) is 0 Å². The summed E-state index contributed by atoms with van der Waals surface area (Å²) in [6, 6.07) is 1.81. The Kier molecular flexibility index (Phi) is 1.73. The molecule has 0 fully saturated rings. The van der Waals surface area contributed by atoms with Crippen LogP contribution in [0.1, 0.15) is 12.0 Å². The van der Waals surface area contributed by atoms with E-state index in [4.69, 9.17) is 10.4 Å². The lowest BCUT2D eigenvalue weighted by Gasteiger charge is -2.00. The van der Waals surface area contributed by atoms with Gasteiger partial charge in [0.25, 0.3) is 5.43 Å². The Labute approximate surface area is 62.0 Å². The molecule has 0 atom stereocenters. The molecule has 1 rings (SSSR count). The van der Waals surface area contributed by atoms with Crippen LogP contribution in [0.2, 0.25) is 0 Å². The molecule has 0 aliphatic carbocycles. The predicted octanol–water partition coefficient (Wildman–Crippen LogP) is -0.556. The number of hydrogen-bond acceptors (Lipinski definition) is 4. The molecule has 1 aromatic rings. The first kappa shape index (κ1) is 7.48. The minimum Gasteiger partial charge on any atom is -0.504 e. The largest absolute Gasteiger partial charge is 0.504 e. The van der Waals surface area contributed by atoms with E-state index < -0.39 is 16.6 Å². The van der Waals surface area contributed by atoms with Gasteiger partial charge in [-0.25, -0.2) is 0 Å². The van der Waals surface area contributed by atoms with Gasteiger partial charge in [-0.15, -0.1) is 0 Å². The van der Waals surface area contributed by atoms with Crippen molar-refractivity contribution in [2.75, 3.05) is 0 Å². The average molecular weight is 151 g/mol.